The molecule has 1 unspecified atom stereocenters. The molecule has 2 aromatic rings. The van der Waals surface area contributed by atoms with E-state index in [1.807, 2.05) is 0 Å². The summed E-state index contributed by atoms with van der Waals surface area (Å²) in [7, 11) is 0. The van der Waals surface area contributed by atoms with Crippen LogP contribution in [0.2, 0.25) is 0 Å². The van der Waals surface area contributed by atoms with Crippen LogP contribution in [0.25, 0.3) is 0 Å². The molecule has 0 spiro atoms. The third kappa shape index (κ3) is 2.70. The third-order valence-electron chi connectivity index (χ3n) is 4.39. The fourth-order valence-electron chi connectivity index (χ4n) is 3.31. The number of nitrogens with two attached hydrogens (primary N) is 1. The number of hydrogen-bond donors (Lipinski definition) is 1. The monoisotopic (exact) mass is 275 g/mol. The zero-order valence-corrected chi connectivity index (χ0v) is 12.2. The molecule has 1 nitrogen and oxygen atoms in total. The second-order valence-corrected chi connectivity index (χ2v) is 5.68. The fraction of sp³-hybridized carbons (Fsp3) is 0.200. The molecule has 1 atom stereocenters. The van der Waals surface area contributed by atoms with Crippen LogP contribution >= 0.6 is 0 Å². The van der Waals surface area contributed by atoms with Crippen molar-refractivity contribution in [1.82, 2.24) is 0 Å². The van der Waals surface area contributed by atoms with E-state index in [0.29, 0.717) is 6.54 Å². The quantitative estimate of drug-likeness (QED) is 0.885. The van der Waals surface area contributed by atoms with Crippen LogP contribution in [0.5, 0.6) is 0 Å². The molecule has 0 fully saturated rings. The van der Waals surface area contributed by atoms with Crippen LogP contribution in [-0.4, -0.2) is 6.54 Å². The van der Waals surface area contributed by atoms with Crippen molar-refractivity contribution in [3.05, 3.63) is 96.1 Å². The molecule has 3 rings (SSSR count). The largest absolute Gasteiger partial charge is 0.330 e. The van der Waals surface area contributed by atoms with Crippen molar-refractivity contribution in [2.24, 2.45) is 11.1 Å². The molecule has 0 bridgehead atoms. The molecule has 0 amide bonds. The van der Waals surface area contributed by atoms with Gasteiger partial charge in [-0.2, -0.15) is 0 Å². The van der Waals surface area contributed by atoms with Crippen LogP contribution in [0.1, 0.15) is 23.5 Å². The topological polar surface area (TPSA) is 26.0 Å². The normalized spacial score (nSPS) is 20.9. The van der Waals surface area contributed by atoms with Gasteiger partial charge in [0, 0.05) is 17.9 Å². The van der Waals surface area contributed by atoms with Crippen molar-refractivity contribution in [2.75, 3.05) is 6.54 Å². The predicted octanol–water partition coefficient (Wildman–Crippen LogP) is 4.28. The second-order valence-electron chi connectivity index (χ2n) is 5.68. The van der Waals surface area contributed by atoms with Gasteiger partial charge in [-0.15, -0.1) is 0 Å². The summed E-state index contributed by atoms with van der Waals surface area (Å²) in [5.41, 5.74) is 8.84. The Hall–Kier alpha value is -2.12. The van der Waals surface area contributed by atoms with Crippen LogP contribution in [0, 0.1) is 5.41 Å². The summed E-state index contributed by atoms with van der Waals surface area (Å²) in [6.07, 6.45) is 9.74. The van der Waals surface area contributed by atoms with Crippen LogP contribution in [0.15, 0.2) is 85.0 Å². The van der Waals surface area contributed by atoms with Gasteiger partial charge in [0.1, 0.15) is 0 Å². The minimum Gasteiger partial charge on any atom is -0.330 e. The van der Waals surface area contributed by atoms with E-state index in [2.05, 4.69) is 85.0 Å². The summed E-state index contributed by atoms with van der Waals surface area (Å²) in [5.74, 6) is 0.283. The molecule has 0 radical (unpaired) electrons. The Bertz CT molecular complexity index is 588. The Morgan fingerprint density at radius 1 is 0.857 bits per heavy atom. The molecule has 0 saturated carbocycles. The maximum Gasteiger partial charge on any atom is 0.0196 e. The highest BCUT2D eigenvalue weighted by atomic mass is 14.6. The molecule has 21 heavy (non-hydrogen) atoms. The van der Waals surface area contributed by atoms with Gasteiger partial charge in [-0.05, 0) is 17.5 Å². The molecule has 1 heteroatoms. The van der Waals surface area contributed by atoms with E-state index in [9.17, 15) is 0 Å². The van der Waals surface area contributed by atoms with E-state index in [1.54, 1.807) is 0 Å². The Labute approximate surface area is 126 Å². The minimum atomic E-state index is -0.0442. The molecular formula is C20H21N. The Morgan fingerprint density at radius 2 is 1.43 bits per heavy atom. The van der Waals surface area contributed by atoms with Crippen molar-refractivity contribution in [2.45, 2.75) is 12.3 Å². The molecule has 0 aromatic heterocycles. The van der Waals surface area contributed by atoms with Crippen molar-refractivity contribution in [3.63, 3.8) is 0 Å². The SMILES string of the molecule is NCC1(C(c2ccccc2)c2ccccc2)C=CC=CC1. The lowest BCUT2D eigenvalue weighted by atomic mass is 9.65. The summed E-state index contributed by atoms with van der Waals surface area (Å²) in [6.45, 7) is 0.641. The van der Waals surface area contributed by atoms with Crippen molar-refractivity contribution in [3.8, 4) is 0 Å². The lowest BCUT2D eigenvalue weighted by Crippen LogP contribution is -2.36. The van der Waals surface area contributed by atoms with Crippen molar-refractivity contribution >= 4 is 0 Å². The summed E-state index contributed by atoms with van der Waals surface area (Å²) in [4.78, 5) is 0. The van der Waals surface area contributed by atoms with Gasteiger partial charge in [-0.3, -0.25) is 0 Å². The molecule has 0 heterocycles. The fourth-order valence-corrected chi connectivity index (χ4v) is 3.31. The van der Waals surface area contributed by atoms with Gasteiger partial charge in [-0.1, -0.05) is 85.0 Å². The van der Waals surface area contributed by atoms with Crippen LogP contribution in [0.4, 0.5) is 0 Å². The van der Waals surface area contributed by atoms with E-state index < -0.39 is 0 Å². The van der Waals surface area contributed by atoms with Crippen LogP contribution in [-0.2, 0) is 0 Å². The summed E-state index contributed by atoms with van der Waals surface area (Å²) in [5, 5.41) is 0. The van der Waals surface area contributed by atoms with Gasteiger partial charge in [0.2, 0.25) is 0 Å². The molecular weight excluding hydrogens is 254 g/mol. The lowest BCUT2D eigenvalue weighted by molar-refractivity contribution is 0.345. The third-order valence-corrected chi connectivity index (χ3v) is 4.39. The molecule has 106 valence electrons. The van der Waals surface area contributed by atoms with Gasteiger partial charge in [0.15, 0.2) is 0 Å². The maximum absolute atomic E-state index is 6.23. The van der Waals surface area contributed by atoms with Crippen molar-refractivity contribution < 1.29 is 0 Å². The molecule has 1 aliphatic rings. The summed E-state index contributed by atoms with van der Waals surface area (Å²) >= 11 is 0. The molecule has 0 aliphatic heterocycles. The van der Waals surface area contributed by atoms with Gasteiger partial charge in [0.25, 0.3) is 0 Å². The molecule has 2 N–H and O–H groups in total. The first-order chi connectivity index (χ1) is 10.4. The highest BCUT2D eigenvalue weighted by molar-refractivity contribution is 5.39. The highest BCUT2D eigenvalue weighted by Gasteiger charge is 2.37. The van der Waals surface area contributed by atoms with E-state index in [-0.39, 0.29) is 11.3 Å². The first kappa shape index (κ1) is 13.8. The average molecular weight is 275 g/mol. The zero-order valence-electron chi connectivity index (χ0n) is 12.2. The number of hydrogen-bond acceptors (Lipinski definition) is 1. The van der Waals surface area contributed by atoms with Crippen LogP contribution in [0.3, 0.4) is 0 Å². The number of rotatable bonds is 4. The standard InChI is InChI=1S/C20H21N/c21-16-20(14-8-3-9-15-20)19(17-10-4-1-5-11-17)18-12-6-2-7-13-18/h1-14,19H,15-16,21H2. The predicted molar refractivity (Wildman–Crippen MR) is 89.1 cm³/mol. The maximum atomic E-state index is 6.23. The van der Waals surface area contributed by atoms with E-state index in [1.165, 1.54) is 11.1 Å². The van der Waals surface area contributed by atoms with E-state index in [0.717, 1.165) is 6.42 Å². The van der Waals surface area contributed by atoms with Crippen LogP contribution < -0.4 is 5.73 Å². The first-order valence-corrected chi connectivity index (χ1v) is 7.50. The number of allylic oxidation sites excluding steroid dienone is 3. The van der Waals surface area contributed by atoms with E-state index in [4.69, 9.17) is 5.73 Å². The van der Waals surface area contributed by atoms with E-state index >= 15 is 0 Å². The Balaban J connectivity index is 2.13. The first-order valence-electron chi connectivity index (χ1n) is 7.50. The second kappa shape index (κ2) is 6.11. The molecule has 0 saturated heterocycles. The average Bonchev–Trinajstić information content (AvgIpc) is 2.58. The lowest BCUT2D eigenvalue weighted by Gasteiger charge is -2.39. The molecule has 1 aliphatic carbocycles. The zero-order chi connectivity index (χ0) is 14.5. The molecule has 2 aromatic carbocycles. The summed E-state index contributed by atoms with van der Waals surface area (Å²) in [6, 6.07) is 21.4. The number of benzene rings is 2. The minimum absolute atomic E-state index is 0.0442. The highest BCUT2D eigenvalue weighted by Crippen LogP contribution is 2.45. The Morgan fingerprint density at radius 3 is 1.86 bits per heavy atom. The smallest absolute Gasteiger partial charge is 0.0196 e. The van der Waals surface area contributed by atoms with Gasteiger partial charge >= 0.3 is 0 Å². The van der Waals surface area contributed by atoms with Gasteiger partial charge in [-0.25, -0.2) is 0 Å². The van der Waals surface area contributed by atoms with Crippen molar-refractivity contribution in [1.29, 1.82) is 0 Å². The van der Waals surface area contributed by atoms with Gasteiger partial charge < -0.3 is 5.73 Å². The summed E-state index contributed by atoms with van der Waals surface area (Å²) < 4.78 is 0. The Kier molecular flexibility index (Phi) is 4.03. The van der Waals surface area contributed by atoms with Gasteiger partial charge in [0.05, 0.1) is 0 Å².